The van der Waals surface area contributed by atoms with Gasteiger partial charge in [0.05, 0.1) is 6.04 Å². The van der Waals surface area contributed by atoms with Crippen molar-refractivity contribution >= 4 is 21.8 Å². The average molecular weight is 299 g/mol. The average Bonchev–Trinajstić information content (AvgIpc) is 2.29. The number of nitrogens with one attached hydrogen (secondary N) is 1. The molecule has 4 heteroatoms. The molecule has 0 aliphatic heterocycles. The third-order valence-corrected chi connectivity index (χ3v) is 3.41. The van der Waals surface area contributed by atoms with Crippen molar-refractivity contribution in [2.24, 2.45) is 11.7 Å². The summed E-state index contributed by atoms with van der Waals surface area (Å²) in [6.07, 6.45) is 0.477. The number of nitrogens with two attached hydrogens (primary N) is 1. The third kappa shape index (κ3) is 4.48. The van der Waals surface area contributed by atoms with E-state index in [1.807, 2.05) is 38.1 Å². The summed E-state index contributed by atoms with van der Waals surface area (Å²) in [6, 6.07) is 7.90. The number of hydrogen-bond donors (Lipinski definition) is 2. The largest absolute Gasteiger partial charge is 0.350 e. The first-order chi connectivity index (χ1) is 8.04. The zero-order valence-electron chi connectivity index (χ0n) is 10.2. The minimum absolute atomic E-state index is 0.00282. The highest BCUT2D eigenvalue weighted by Crippen LogP contribution is 2.22. The monoisotopic (exact) mass is 298 g/mol. The van der Waals surface area contributed by atoms with Crippen LogP contribution in [0.3, 0.4) is 0 Å². The van der Waals surface area contributed by atoms with Crippen LogP contribution in [0.25, 0.3) is 0 Å². The summed E-state index contributed by atoms with van der Waals surface area (Å²) in [5.41, 5.74) is 6.58. The van der Waals surface area contributed by atoms with E-state index in [1.54, 1.807) is 0 Å². The molecule has 0 spiro atoms. The van der Waals surface area contributed by atoms with E-state index in [0.29, 0.717) is 13.0 Å². The van der Waals surface area contributed by atoms with Crippen LogP contribution in [0.2, 0.25) is 0 Å². The van der Waals surface area contributed by atoms with Gasteiger partial charge in [0.2, 0.25) is 5.91 Å². The van der Waals surface area contributed by atoms with Gasteiger partial charge in [-0.05, 0) is 31.0 Å². The highest BCUT2D eigenvalue weighted by molar-refractivity contribution is 9.10. The SMILES string of the molecule is CC(CN)CC(=O)N[C@H](C)c1ccccc1Br. The highest BCUT2D eigenvalue weighted by Gasteiger charge is 2.13. The van der Waals surface area contributed by atoms with Gasteiger partial charge in [-0.2, -0.15) is 0 Å². The van der Waals surface area contributed by atoms with Crippen LogP contribution in [0.5, 0.6) is 0 Å². The van der Waals surface area contributed by atoms with Crippen LogP contribution in [0.15, 0.2) is 28.7 Å². The van der Waals surface area contributed by atoms with E-state index in [4.69, 9.17) is 5.73 Å². The first-order valence-electron chi connectivity index (χ1n) is 5.78. The Bertz CT molecular complexity index is 381. The van der Waals surface area contributed by atoms with Gasteiger partial charge in [-0.25, -0.2) is 0 Å². The Balaban J connectivity index is 2.58. The Hall–Kier alpha value is -0.870. The molecule has 3 N–H and O–H groups in total. The number of carbonyl (C=O) groups excluding carboxylic acids is 1. The van der Waals surface area contributed by atoms with Crippen LogP contribution in [0, 0.1) is 5.92 Å². The Morgan fingerprint density at radius 1 is 1.41 bits per heavy atom. The zero-order valence-corrected chi connectivity index (χ0v) is 11.8. The Morgan fingerprint density at radius 2 is 2.06 bits per heavy atom. The van der Waals surface area contributed by atoms with Crippen LogP contribution >= 0.6 is 15.9 Å². The Labute approximate surface area is 111 Å². The van der Waals surface area contributed by atoms with E-state index in [2.05, 4.69) is 21.2 Å². The molecular formula is C13H19BrN2O. The summed E-state index contributed by atoms with van der Waals surface area (Å²) < 4.78 is 1.01. The number of halogens is 1. The second-order valence-corrected chi connectivity index (χ2v) is 5.21. The molecule has 3 nitrogen and oxygen atoms in total. The number of carbonyl (C=O) groups is 1. The molecule has 2 atom stereocenters. The summed E-state index contributed by atoms with van der Waals surface area (Å²) >= 11 is 3.48. The first kappa shape index (κ1) is 14.2. The summed E-state index contributed by atoms with van der Waals surface area (Å²) in [5, 5.41) is 2.98. The molecule has 1 rings (SSSR count). The van der Waals surface area contributed by atoms with Crippen molar-refractivity contribution in [1.29, 1.82) is 0 Å². The molecule has 17 heavy (non-hydrogen) atoms. The fourth-order valence-corrected chi connectivity index (χ4v) is 2.23. The molecule has 0 heterocycles. The van der Waals surface area contributed by atoms with Crippen molar-refractivity contribution < 1.29 is 4.79 Å². The Morgan fingerprint density at radius 3 is 2.65 bits per heavy atom. The van der Waals surface area contributed by atoms with Crippen LogP contribution < -0.4 is 11.1 Å². The summed E-state index contributed by atoms with van der Waals surface area (Å²) in [6.45, 7) is 4.49. The lowest BCUT2D eigenvalue weighted by atomic mass is 10.1. The molecule has 0 radical (unpaired) electrons. The van der Waals surface area contributed by atoms with Gasteiger partial charge in [0.25, 0.3) is 0 Å². The second kappa shape index (κ2) is 6.77. The molecule has 0 saturated heterocycles. The number of rotatable bonds is 5. The summed E-state index contributed by atoms with van der Waals surface area (Å²) in [4.78, 5) is 11.7. The van der Waals surface area contributed by atoms with E-state index < -0.39 is 0 Å². The predicted molar refractivity (Wildman–Crippen MR) is 73.5 cm³/mol. The maximum Gasteiger partial charge on any atom is 0.220 e. The number of benzene rings is 1. The molecular weight excluding hydrogens is 280 g/mol. The molecule has 0 bridgehead atoms. The quantitative estimate of drug-likeness (QED) is 0.878. The van der Waals surface area contributed by atoms with Crippen molar-refractivity contribution in [3.05, 3.63) is 34.3 Å². The molecule has 1 amide bonds. The smallest absolute Gasteiger partial charge is 0.220 e. The van der Waals surface area contributed by atoms with Crippen molar-refractivity contribution in [2.75, 3.05) is 6.54 Å². The van der Waals surface area contributed by atoms with Crippen molar-refractivity contribution in [2.45, 2.75) is 26.3 Å². The second-order valence-electron chi connectivity index (χ2n) is 4.36. The van der Waals surface area contributed by atoms with E-state index in [0.717, 1.165) is 10.0 Å². The van der Waals surface area contributed by atoms with Crippen LogP contribution in [-0.4, -0.2) is 12.5 Å². The van der Waals surface area contributed by atoms with Crippen molar-refractivity contribution in [3.8, 4) is 0 Å². The molecule has 94 valence electrons. The fraction of sp³-hybridized carbons (Fsp3) is 0.462. The van der Waals surface area contributed by atoms with Gasteiger partial charge in [0.1, 0.15) is 0 Å². The van der Waals surface area contributed by atoms with E-state index in [-0.39, 0.29) is 17.9 Å². The first-order valence-corrected chi connectivity index (χ1v) is 6.57. The molecule has 0 aromatic heterocycles. The molecule has 0 aliphatic rings. The maximum atomic E-state index is 11.7. The molecule has 1 unspecified atom stereocenters. The van der Waals surface area contributed by atoms with Crippen LogP contribution in [0.1, 0.15) is 31.9 Å². The van der Waals surface area contributed by atoms with Crippen LogP contribution in [-0.2, 0) is 4.79 Å². The minimum Gasteiger partial charge on any atom is -0.350 e. The zero-order chi connectivity index (χ0) is 12.8. The van der Waals surface area contributed by atoms with E-state index in [9.17, 15) is 4.79 Å². The van der Waals surface area contributed by atoms with Gasteiger partial charge in [0, 0.05) is 10.9 Å². The minimum atomic E-state index is 0.00282. The third-order valence-electron chi connectivity index (χ3n) is 2.69. The summed E-state index contributed by atoms with van der Waals surface area (Å²) in [7, 11) is 0. The lowest BCUT2D eigenvalue weighted by molar-refractivity contribution is -0.122. The summed E-state index contributed by atoms with van der Waals surface area (Å²) in [5.74, 6) is 0.271. The fourth-order valence-electron chi connectivity index (χ4n) is 1.60. The molecule has 0 aliphatic carbocycles. The maximum absolute atomic E-state index is 11.7. The standard InChI is InChI=1S/C13H19BrN2O/c1-9(8-15)7-13(17)16-10(2)11-5-3-4-6-12(11)14/h3-6,9-10H,7-8,15H2,1-2H3,(H,16,17)/t9?,10-/m1/s1. The molecule has 1 aromatic carbocycles. The van der Waals surface area contributed by atoms with E-state index in [1.165, 1.54) is 0 Å². The number of hydrogen-bond acceptors (Lipinski definition) is 2. The van der Waals surface area contributed by atoms with E-state index >= 15 is 0 Å². The van der Waals surface area contributed by atoms with Gasteiger partial charge in [-0.15, -0.1) is 0 Å². The Kier molecular flexibility index (Phi) is 5.65. The lowest BCUT2D eigenvalue weighted by Gasteiger charge is -2.17. The van der Waals surface area contributed by atoms with Gasteiger partial charge >= 0.3 is 0 Å². The lowest BCUT2D eigenvalue weighted by Crippen LogP contribution is -2.29. The highest BCUT2D eigenvalue weighted by atomic mass is 79.9. The van der Waals surface area contributed by atoms with Gasteiger partial charge in [0.15, 0.2) is 0 Å². The normalized spacial score (nSPS) is 14.1. The van der Waals surface area contributed by atoms with Gasteiger partial charge < -0.3 is 11.1 Å². The van der Waals surface area contributed by atoms with Crippen LogP contribution in [0.4, 0.5) is 0 Å². The number of amides is 1. The van der Waals surface area contributed by atoms with Crippen molar-refractivity contribution in [1.82, 2.24) is 5.32 Å². The molecule has 0 saturated carbocycles. The molecule has 1 aromatic rings. The topological polar surface area (TPSA) is 55.1 Å². The molecule has 0 fully saturated rings. The van der Waals surface area contributed by atoms with Gasteiger partial charge in [-0.3, -0.25) is 4.79 Å². The predicted octanol–water partition coefficient (Wildman–Crippen LogP) is 2.61. The van der Waals surface area contributed by atoms with Gasteiger partial charge in [-0.1, -0.05) is 41.1 Å². The van der Waals surface area contributed by atoms with Crippen molar-refractivity contribution in [3.63, 3.8) is 0 Å².